The summed E-state index contributed by atoms with van der Waals surface area (Å²) in [5.41, 5.74) is 1.91. The number of urea groups is 1. The molecule has 5 nitrogen and oxygen atoms in total. The molecule has 6 heteroatoms. The average Bonchev–Trinajstić information content (AvgIpc) is 2.83. The summed E-state index contributed by atoms with van der Waals surface area (Å²) in [4.78, 5) is 20.0. The van der Waals surface area contributed by atoms with Gasteiger partial charge in [-0.1, -0.05) is 0 Å². The first kappa shape index (κ1) is 13.5. The van der Waals surface area contributed by atoms with Gasteiger partial charge in [0.2, 0.25) is 0 Å². The maximum absolute atomic E-state index is 11.7. The summed E-state index contributed by atoms with van der Waals surface area (Å²) in [5, 5.41) is 8.61. The molecule has 0 aliphatic carbocycles. The molecule has 0 bridgehead atoms. The summed E-state index contributed by atoms with van der Waals surface area (Å²) in [6.45, 7) is 4.32. The molecule has 0 unspecified atom stereocenters. The summed E-state index contributed by atoms with van der Waals surface area (Å²) in [6, 6.07) is 3.51. The number of carbonyl (C=O) groups excluding carboxylic acids is 1. The zero-order valence-electron chi connectivity index (χ0n) is 10.9. The van der Waals surface area contributed by atoms with E-state index in [1.54, 1.807) is 23.7 Å². The standard InChI is InChI=1S/C13H16N4OS/c1-9(11-3-5-14-6-4-11)16-13(18)15-7-12-8-19-10(2)17-12/h3-6,8-9H,7H2,1-2H3,(H2,15,16,18)/t9-/m1/s1. The smallest absolute Gasteiger partial charge is 0.315 e. The molecule has 0 aromatic carbocycles. The molecular formula is C13H16N4OS. The van der Waals surface area contributed by atoms with E-state index < -0.39 is 0 Å². The number of nitrogens with one attached hydrogen (secondary N) is 2. The Balaban J connectivity index is 1.81. The largest absolute Gasteiger partial charge is 0.332 e. The Bertz CT molecular complexity index is 541. The number of thiazole rings is 1. The zero-order valence-corrected chi connectivity index (χ0v) is 11.7. The van der Waals surface area contributed by atoms with E-state index in [4.69, 9.17) is 0 Å². The zero-order chi connectivity index (χ0) is 13.7. The Labute approximate surface area is 116 Å². The summed E-state index contributed by atoms with van der Waals surface area (Å²) in [7, 11) is 0. The first-order valence-corrected chi connectivity index (χ1v) is 6.88. The Hall–Kier alpha value is -1.95. The molecule has 0 saturated carbocycles. The van der Waals surface area contributed by atoms with Crippen LogP contribution in [0.25, 0.3) is 0 Å². The summed E-state index contributed by atoms with van der Waals surface area (Å²) < 4.78 is 0. The minimum Gasteiger partial charge on any atom is -0.332 e. The first-order valence-electron chi connectivity index (χ1n) is 6.00. The number of amides is 2. The van der Waals surface area contributed by atoms with E-state index in [1.165, 1.54) is 0 Å². The van der Waals surface area contributed by atoms with E-state index in [0.29, 0.717) is 6.54 Å². The number of carbonyl (C=O) groups is 1. The molecule has 2 heterocycles. The Morgan fingerprint density at radius 2 is 2.16 bits per heavy atom. The third kappa shape index (κ3) is 4.03. The number of aryl methyl sites for hydroxylation is 1. The minimum atomic E-state index is -0.199. The van der Waals surface area contributed by atoms with Crippen LogP contribution in [0.2, 0.25) is 0 Å². The van der Waals surface area contributed by atoms with Crippen LogP contribution >= 0.6 is 11.3 Å². The molecule has 0 fully saturated rings. The molecule has 1 atom stereocenters. The topological polar surface area (TPSA) is 66.9 Å². The highest BCUT2D eigenvalue weighted by molar-refractivity contribution is 7.09. The van der Waals surface area contributed by atoms with Gasteiger partial charge >= 0.3 is 6.03 Å². The number of pyridine rings is 1. The number of rotatable bonds is 4. The molecule has 0 radical (unpaired) electrons. The van der Waals surface area contributed by atoms with Crippen molar-refractivity contribution in [2.75, 3.05) is 0 Å². The van der Waals surface area contributed by atoms with Gasteiger partial charge in [-0.25, -0.2) is 9.78 Å². The lowest BCUT2D eigenvalue weighted by atomic mass is 10.1. The van der Waals surface area contributed by atoms with Crippen LogP contribution < -0.4 is 10.6 Å². The van der Waals surface area contributed by atoms with Crippen molar-refractivity contribution in [2.24, 2.45) is 0 Å². The van der Waals surface area contributed by atoms with E-state index in [1.807, 2.05) is 31.4 Å². The highest BCUT2D eigenvalue weighted by atomic mass is 32.1. The molecule has 100 valence electrons. The van der Waals surface area contributed by atoms with Gasteiger partial charge in [0.1, 0.15) is 0 Å². The highest BCUT2D eigenvalue weighted by Crippen LogP contribution is 2.10. The quantitative estimate of drug-likeness (QED) is 0.901. The highest BCUT2D eigenvalue weighted by Gasteiger charge is 2.09. The second kappa shape index (κ2) is 6.29. The normalized spacial score (nSPS) is 11.9. The van der Waals surface area contributed by atoms with Crippen molar-refractivity contribution in [1.29, 1.82) is 0 Å². The maximum Gasteiger partial charge on any atom is 0.315 e. The molecule has 2 N–H and O–H groups in total. The van der Waals surface area contributed by atoms with Gasteiger partial charge in [0.25, 0.3) is 0 Å². The second-order valence-electron chi connectivity index (χ2n) is 4.19. The summed E-state index contributed by atoms with van der Waals surface area (Å²) >= 11 is 1.58. The molecule has 2 amide bonds. The van der Waals surface area contributed by atoms with Gasteiger partial charge in [-0.05, 0) is 31.5 Å². The van der Waals surface area contributed by atoms with Crippen molar-refractivity contribution in [3.63, 3.8) is 0 Å². The van der Waals surface area contributed by atoms with Crippen molar-refractivity contribution in [3.05, 3.63) is 46.2 Å². The van der Waals surface area contributed by atoms with E-state index >= 15 is 0 Å². The van der Waals surface area contributed by atoms with Crippen molar-refractivity contribution in [1.82, 2.24) is 20.6 Å². The molecule has 19 heavy (non-hydrogen) atoms. The molecule has 2 rings (SSSR count). The van der Waals surface area contributed by atoms with Gasteiger partial charge < -0.3 is 10.6 Å². The van der Waals surface area contributed by atoms with Crippen LogP contribution in [0, 0.1) is 6.92 Å². The van der Waals surface area contributed by atoms with Crippen LogP contribution in [0.5, 0.6) is 0 Å². The number of nitrogens with zero attached hydrogens (tertiary/aromatic N) is 2. The van der Waals surface area contributed by atoms with E-state index in [2.05, 4.69) is 20.6 Å². The molecule has 2 aromatic heterocycles. The lowest BCUT2D eigenvalue weighted by molar-refractivity contribution is 0.237. The Morgan fingerprint density at radius 1 is 1.42 bits per heavy atom. The van der Waals surface area contributed by atoms with Gasteiger partial charge in [0.05, 0.1) is 23.3 Å². The predicted molar refractivity (Wildman–Crippen MR) is 74.9 cm³/mol. The van der Waals surface area contributed by atoms with Crippen LogP contribution in [-0.2, 0) is 6.54 Å². The molecule has 0 aliphatic heterocycles. The number of aromatic nitrogens is 2. The fraction of sp³-hybridized carbons (Fsp3) is 0.308. The predicted octanol–water partition coefficient (Wildman–Crippen LogP) is 2.41. The molecular weight excluding hydrogens is 260 g/mol. The number of hydrogen-bond acceptors (Lipinski definition) is 4. The van der Waals surface area contributed by atoms with E-state index in [-0.39, 0.29) is 12.1 Å². The lowest BCUT2D eigenvalue weighted by Crippen LogP contribution is -2.36. The van der Waals surface area contributed by atoms with E-state index in [9.17, 15) is 4.79 Å². The van der Waals surface area contributed by atoms with Crippen LogP contribution in [0.1, 0.15) is 29.2 Å². The fourth-order valence-electron chi connectivity index (χ4n) is 1.64. The average molecular weight is 276 g/mol. The SMILES string of the molecule is Cc1nc(CNC(=O)N[C@H](C)c2ccncc2)cs1. The Morgan fingerprint density at radius 3 is 2.79 bits per heavy atom. The van der Waals surface area contributed by atoms with Gasteiger partial charge in [0, 0.05) is 17.8 Å². The summed E-state index contributed by atoms with van der Waals surface area (Å²) in [6.07, 6.45) is 3.42. The van der Waals surface area contributed by atoms with Crippen LogP contribution in [0.15, 0.2) is 29.9 Å². The van der Waals surface area contributed by atoms with Crippen molar-refractivity contribution < 1.29 is 4.79 Å². The third-order valence-corrected chi connectivity index (χ3v) is 3.47. The lowest BCUT2D eigenvalue weighted by Gasteiger charge is -2.14. The second-order valence-corrected chi connectivity index (χ2v) is 5.25. The summed E-state index contributed by atoms with van der Waals surface area (Å²) in [5.74, 6) is 0. The molecule has 0 aliphatic rings. The third-order valence-electron chi connectivity index (χ3n) is 2.65. The monoisotopic (exact) mass is 276 g/mol. The van der Waals surface area contributed by atoms with Gasteiger partial charge in [-0.2, -0.15) is 0 Å². The molecule has 2 aromatic rings. The Kier molecular flexibility index (Phi) is 4.46. The van der Waals surface area contributed by atoms with Gasteiger partial charge in [-0.3, -0.25) is 4.98 Å². The van der Waals surface area contributed by atoms with E-state index in [0.717, 1.165) is 16.3 Å². The van der Waals surface area contributed by atoms with Crippen LogP contribution in [-0.4, -0.2) is 16.0 Å². The van der Waals surface area contributed by atoms with Crippen molar-refractivity contribution in [3.8, 4) is 0 Å². The maximum atomic E-state index is 11.7. The first-order chi connectivity index (χ1) is 9.15. The van der Waals surface area contributed by atoms with Crippen LogP contribution in [0.4, 0.5) is 4.79 Å². The fourth-order valence-corrected chi connectivity index (χ4v) is 2.26. The number of hydrogen-bond donors (Lipinski definition) is 2. The van der Waals surface area contributed by atoms with Crippen molar-refractivity contribution in [2.45, 2.75) is 26.4 Å². The molecule has 0 spiro atoms. The minimum absolute atomic E-state index is 0.0554. The van der Waals surface area contributed by atoms with Crippen molar-refractivity contribution >= 4 is 17.4 Å². The van der Waals surface area contributed by atoms with Crippen LogP contribution in [0.3, 0.4) is 0 Å². The molecule has 0 saturated heterocycles. The van der Waals surface area contributed by atoms with Gasteiger partial charge in [-0.15, -0.1) is 11.3 Å². The van der Waals surface area contributed by atoms with Gasteiger partial charge in [0.15, 0.2) is 0 Å².